The van der Waals surface area contributed by atoms with Gasteiger partial charge in [0.2, 0.25) is 0 Å². The fraction of sp³-hybridized carbons (Fsp3) is 0.455. The van der Waals surface area contributed by atoms with Crippen LogP contribution in [0.5, 0.6) is 0 Å². The summed E-state index contributed by atoms with van der Waals surface area (Å²) in [6.07, 6.45) is 3.02. The third-order valence-corrected chi connectivity index (χ3v) is 2.79. The van der Waals surface area contributed by atoms with Gasteiger partial charge in [-0.2, -0.15) is 0 Å². The van der Waals surface area contributed by atoms with Crippen LogP contribution in [-0.4, -0.2) is 28.6 Å². The summed E-state index contributed by atoms with van der Waals surface area (Å²) in [6, 6.07) is 3.57. The molecule has 0 aromatic carbocycles. The summed E-state index contributed by atoms with van der Waals surface area (Å²) in [5.41, 5.74) is 0.387. The molecular formula is C11H15BrN2O2. The SMILES string of the molecule is CC(CCCO)NC(=O)c1ncccc1Br. The Labute approximate surface area is 103 Å². The van der Waals surface area contributed by atoms with Crippen molar-refractivity contribution in [2.45, 2.75) is 25.8 Å². The zero-order chi connectivity index (χ0) is 12.0. The van der Waals surface area contributed by atoms with Gasteiger partial charge in [0.1, 0.15) is 5.69 Å². The van der Waals surface area contributed by atoms with E-state index in [1.807, 2.05) is 6.92 Å². The maximum absolute atomic E-state index is 11.8. The number of nitrogens with zero attached hydrogens (tertiary/aromatic N) is 1. The van der Waals surface area contributed by atoms with E-state index in [1.165, 1.54) is 0 Å². The van der Waals surface area contributed by atoms with Crippen molar-refractivity contribution in [2.75, 3.05) is 6.61 Å². The Morgan fingerprint density at radius 3 is 3.06 bits per heavy atom. The Kier molecular flexibility index (Phi) is 5.42. The van der Waals surface area contributed by atoms with E-state index >= 15 is 0 Å². The van der Waals surface area contributed by atoms with E-state index in [2.05, 4.69) is 26.2 Å². The smallest absolute Gasteiger partial charge is 0.271 e. The number of aromatic nitrogens is 1. The number of aliphatic hydroxyl groups is 1. The molecule has 5 heteroatoms. The quantitative estimate of drug-likeness (QED) is 0.867. The highest BCUT2D eigenvalue weighted by molar-refractivity contribution is 9.10. The average molecular weight is 287 g/mol. The largest absolute Gasteiger partial charge is 0.396 e. The van der Waals surface area contributed by atoms with Crippen LogP contribution < -0.4 is 5.32 Å². The molecule has 0 aliphatic rings. The van der Waals surface area contributed by atoms with E-state index in [0.717, 1.165) is 6.42 Å². The molecular weight excluding hydrogens is 272 g/mol. The first kappa shape index (κ1) is 13.1. The van der Waals surface area contributed by atoms with Crippen molar-refractivity contribution in [3.63, 3.8) is 0 Å². The second-order valence-electron chi connectivity index (χ2n) is 3.57. The number of rotatable bonds is 5. The molecule has 0 aliphatic heterocycles. The van der Waals surface area contributed by atoms with Gasteiger partial charge in [-0.25, -0.2) is 4.98 Å². The molecule has 0 saturated carbocycles. The minimum atomic E-state index is -0.196. The standard InChI is InChI=1S/C11H15BrN2O2/c1-8(4-3-7-15)14-11(16)10-9(12)5-2-6-13-10/h2,5-6,8,15H,3-4,7H2,1H3,(H,14,16). The summed E-state index contributed by atoms with van der Waals surface area (Å²) in [4.78, 5) is 15.8. The molecule has 0 bridgehead atoms. The summed E-state index contributed by atoms with van der Waals surface area (Å²) >= 11 is 3.28. The maximum atomic E-state index is 11.8. The van der Waals surface area contributed by atoms with Crippen molar-refractivity contribution in [3.8, 4) is 0 Å². The maximum Gasteiger partial charge on any atom is 0.271 e. The van der Waals surface area contributed by atoms with Crippen LogP contribution >= 0.6 is 15.9 Å². The zero-order valence-electron chi connectivity index (χ0n) is 9.11. The summed E-state index contributed by atoms with van der Waals surface area (Å²) in [7, 11) is 0. The van der Waals surface area contributed by atoms with E-state index in [0.29, 0.717) is 16.6 Å². The normalized spacial score (nSPS) is 12.2. The molecule has 1 unspecified atom stereocenters. The minimum absolute atomic E-state index is 0.0357. The monoisotopic (exact) mass is 286 g/mol. The van der Waals surface area contributed by atoms with Gasteiger partial charge in [-0.1, -0.05) is 0 Å². The Hall–Kier alpha value is -0.940. The molecule has 1 aromatic rings. The number of amides is 1. The van der Waals surface area contributed by atoms with Gasteiger partial charge >= 0.3 is 0 Å². The van der Waals surface area contributed by atoms with E-state index in [-0.39, 0.29) is 18.6 Å². The van der Waals surface area contributed by atoms with Gasteiger partial charge in [0, 0.05) is 23.3 Å². The lowest BCUT2D eigenvalue weighted by molar-refractivity contribution is 0.0930. The van der Waals surface area contributed by atoms with Crippen LogP contribution in [0, 0.1) is 0 Å². The molecule has 0 fully saturated rings. The van der Waals surface area contributed by atoms with E-state index in [9.17, 15) is 4.79 Å². The molecule has 0 aliphatic carbocycles. The Morgan fingerprint density at radius 2 is 2.44 bits per heavy atom. The lowest BCUT2D eigenvalue weighted by atomic mass is 10.2. The van der Waals surface area contributed by atoms with E-state index in [4.69, 9.17) is 5.11 Å². The molecule has 1 rings (SSSR count). The van der Waals surface area contributed by atoms with Crippen LogP contribution in [-0.2, 0) is 0 Å². The van der Waals surface area contributed by atoms with E-state index < -0.39 is 0 Å². The van der Waals surface area contributed by atoms with Crippen molar-refractivity contribution in [1.29, 1.82) is 0 Å². The minimum Gasteiger partial charge on any atom is -0.396 e. The summed E-state index contributed by atoms with van der Waals surface area (Å²) < 4.78 is 0.682. The summed E-state index contributed by atoms with van der Waals surface area (Å²) in [5.74, 6) is -0.196. The van der Waals surface area contributed by atoms with Gasteiger partial charge in [0.15, 0.2) is 0 Å². The fourth-order valence-corrected chi connectivity index (χ4v) is 1.75. The lowest BCUT2D eigenvalue weighted by Gasteiger charge is -2.13. The highest BCUT2D eigenvalue weighted by Gasteiger charge is 2.13. The Balaban J connectivity index is 2.56. The third kappa shape index (κ3) is 3.90. The molecule has 1 aromatic heterocycles. The second-order valence-corrected chi connectivity index (χ2v) is 4.43. The highest BCUT2D eigenvalue weighted by Crippen LogP contribution is 2.13. The number of hydrogen-bond donors (Lipinski definition) is 2. The molecule has 1 atom stereocenters. The Bertz CT molecular complexity index is 358. The summed E-state index contributed by atoms with van der Waals surface area (Å²) in [5, 5.41) is 11.5. The number of carbonyl (C=O) groups excluding carboxylic acids is 1. The number of pyridine rings is 1. The van der Waals surface area contributed by atoms with Gasteiger partial charge < -0.3 is 10.4 Å². The van der Waals surface area contributed by atoms with Gasteiger partial charge in [0.05, 0.1) is 0 Å². The summed E-state index contributed by atoms with van der Waals surface area (Å²) in [6.45, 7) is 2.05. The van der Waals surface area contributed by atoms with Crippen molar-refractivity contribution in [1.82, 2.24) is 10.3 Å². The van der Waals surface area contributed by atoms with Crippen molar-refractivity contribution in [2.24, 2.45) is 0 Å². The molecule has 0 spiro atoms. The predicted molar refractivity (Wildman–Crippen MR) is 65.2 cm³/mol. The number of hydrogen-bond acceptors (Lipinski definition) is 3. The topological polar surface area (TPSA) is 62.2 Å². The first-order chi connectivity index (χ1) is 7.65. The average Bonchev–Trinajstić information content (AvgIpc) is 2.26. The molecule has 2 N–H and O–H groups in total. The molecule has 1 heterocycles. The second kappa shape index (κ2) is 6.60. The van der Waals surface area contributed by atoms with Crippen LogP contribution in [0.2, 0.25) is 0 Å². The van der Waals surface area contributed by atoms with Crippen molar-refractivity contribution < 1.29 is 9.90 Å². The van der Waals surface area contributed by atoms with Crippen molar-refractivity contribution in [3.05, 3.63) is 28.5 Å². The molecule has 16 heavy (non-hydrogen) atoms. The van der Waals surface area contributed by atoms with E-state index in [1.54, 1.807) is 18.3 Å². The Morgan fingerprint density at radius 1 is 1.69 bits per heavy atom. The highest BCUT2D eigenvalue weighted by atomic mass is 79.9. The predicted octanol–water partition coefficient (Wildman–Crippen LogP) is 1.73. The van der Waals surface area contributed by atoms with Gasteiger partial charge in [-0.3, -0.25) is 4.79 Å². The molecule has 0 saturated heterocycles. The van der Waals surface area contributed by atoms with Gasteiger partial charge in [-0.05, 0) is 47.8 Å². The molecule has 88 valence electrons. The third-order valence-electron chi connectivity index (χ3n) is 2.15. The number of nitrogens with one attached hydrogen (secondary N) is 1. The van der Waals surface area contributed by atoms with Crippen molar-refractivity contribution >= 4 is 21.8 Å². The van der Waals surface area contributed by atoms with Crippen LogP contribution in [0.1, 0.15) is 30.3 Å². The number of aliphatic hydroxyl groups excluding tert-OH is 1. The first-order valence-corrected chi connectivity index (χ1v) is 5.96. The van der Waals surface area contributed by atoms with Crippen LogP contribution in [0.3, 0.4) is 0 Å². The zero-order valence-corrected chi connectivity index (χ0v) is 10.7. The van der Waals surface area contributed by atoms with Crippen LogP contribution in [0.4, 0.5) is 0 Å². The van der Waals surface area contributed by atoms with Crippen LogP contribution in [0.15, 0.2) is 22.8 Å². The number of carbonyl (C=O) groups is 1. The van der Waals surface area contributed by atoms with Crippen LogP contribution in [0.25, 0.3) is 0 Å². The number of halogens is 1. The molecule has 0 radical (unpaired) electrons. The van der Waals surface area contributed by atoms with Gasteiger partial charge in [-0.15, -0.1) is 0 Å². The lowest BCUT2D eigenvalue weighted by Crippen LogP contribution is -2.33. The van der Waals surface area contributed by atoms with Gasteiger partial charge in [0.25, 0.3) is 5.91 Å². The molecule has 4 nitrogen and oxygen atoms in total. The fourth-order valence-electron chi connectivity index (χ4n) is 1.31. The first-order valence-electron chi connectivity index (χ1n) is 5.17. The molecule has 1 amide bonds.